The molecule has 1 N–H and O–H groups in total. The van der Waals surface area contributed by atoms with Crippen molar-refractivity contribution in [2.75, 3.05) is 6.26 Å². The topological polar surface area (TPSA) is 89.3 Å². The highest BCUT2D eigenvalue weighted by Gasteiger charge is 2.09. The predicted octanol–water partition coefficient (Wildman–Crippen LogP) is 2.35. The number of sulfone groups is 1. The van der Waals surface area contributed by atoms with Gasteiger partial charge in [0.2, 0.25) is 0 Å². The minimum absolute atomic E-state index is 0.129. The molecular formula is C13H14N2O4S2. The van der Waals surface area contributed by atoms with Crippen LogP contribution in [0.25, 0.3) is 0 Å². The highest BCUT2D eigenvalue weighted by molar-refractivity contribution is 7.90. The first kappa shape index (κ1) is 15.6. The molecule has 0 aliphatic rings. The zero-order valence-electron chi connectivity index (χ0n) is 11.3. The minimum Gasteiger partial charge on any atom is -0.309 e. The Morgan fingerprint density at radius 2 is 1.81 bits per heavy atom. The normalized spacial score (nSPS) is 11.5. The van der Waals surface area contributed by atoms with Gasteiger partial charge in [-0.05, 0) is 23.3 Å². The summed E-state index contributed by atoms with van der Waals surface area (Å²) in [5, 5.41) is 15.6. The minimum atomic E-state index is -3.17. The fourth-order valence-electron chi connectivity index (χ4n) is 1.76. The van der Waals surface area contributed by atoms with Gasteiger partial charge in [-0.2, -0.15) is 0 Å². The van der Waals surface area contributed by atoms with Crippen molar-refractivity contribution in [3.05, 3.63) is 57.0 Å². The largest absolute Gasteiger partial charge is 0.324 e. The highest BCUT2D eigenvalue weighted by atomic mass is 32.2. The monoisotopic (exact) mass is 326 g/mol. The molecule has 0 amide bonds. The van der Waals surface area contributed by atoms with Gasteiger partial charge in [-0.3, -0.25) is 10.1 Å². The van der Waals surface area contributed by atoms with Gasteiger partial charge >= 0.3 is 5.00 Å². The van der Waals surface area contributed by atoms with E-state index in [1.165, 1.54) is 6.26 Å². The predicted molar refractivity (Wildman–Crippen MR) is 81.1 cm³/mol. The summed E-state index contributed by atoms with van der Waals surface area (Å²) in [6.45, 7) is 1.09. The van der Waals surface area contributed by atoms with Gasteiger partial charge in [0.15, 0.2) is 9.84 Å². The molecule has 0 spiro atoms. The molecule has 2 rings (SSSR count). The van der Waals surface area contributed by atoms with Crippen LogP contribution in [0.3, 0.4) is 0 Å². The van der Waals surface area contributed by atoms with Gasteiger partial charge in [-0.1, -0.05) is 23.5 Å². The van der Waals surface area contributed by atoms with Gasteiger partial charge in [-0.25, -0.2) is 8.42 Å². The first-order valence-electron chi connectivity index (χ1n) is 6.08. The Kier molecular flexibility index (Phi) is 4.71. The van der Waals surface area contributed by atoms with E-state index < -0.39 is 14.8 Å². The average Bonchev–Trinajstić information content (AvgIpc) is 2.87. The van der Waals surface area contributed by atoms with Crippen molar-refractivity contribution >= 4 is 26.2 Å². The van der Waals surface area contributed by atoms with Crippen LogP contribution in [0, 0.1) is 10.1 Å². The van der Waals surface area contributed by atoms with E-state index in [0.717, 1.165) is 22.5 Å². The van der Waals surface area contributed by atoms with Gasteiger partial charge < -0.3 is 5.32 Å². The van der Waals surface area contributed by atoms with E-state index >= 15 is 0 Å². The Labute approximate surface area is 126 Å². The van der Waals surface area contributed by atoms with Crippen molar-refractivity contribution in [3.8, 4) is 0 Å². The lowest BCUT2D eigenvalue weighted by Gasteiger charge is -2.04. The third kappa shape index (κ3) is 4.35. The van der Waals surface area contributed by atoms with E-state index in [0.29, 0.717) is 18.0 Å². The summed E-state index contributed by atoms with van der Waals surface area (Å²) < 4.78 is 22.7. The molecule has 0 aliphatic heterocycles. The van der Waals surface area contributed by atoms with Crippen LogP contribution in [0.2, 0.25) is 0 Å². The van der Waals surface area contributed by atoms with E-state index in [-0.39, 0.29) is 5.00 Å². The second-order valence-corrected chi connectivity index (χ2v) is 7.48. The highest BCUT2D eigenvalue weighted by Crippen LogP contribution is 2.22. The molecule has 1 aromatic carbocycles. The van der Waals surface area contributed by atoms with Crippen LogP contribution in [0.4, 0.5) is 5.00 Å². The SMILES string of the molecule is CS(=O)(=O)c1ccc(CNCc2csc([N+](=O)[O-])c2)cc1. The Hall–Kier alpha value is -1.77. The summed E-state index contributed by atoms with van der Waals surface area (Å²) >= 11 is 1.10. The number of hydrogen-bond acceptors (Lipinski definition) is 6. The molecular weight excluding hydrogens is 312 g/mol. The second kappa shape index (κ2) is 6.33. The molecule has 0 saturated heterocycles. The number of benzene rings is 1. The molecule has 112 valence electrons. The molecule has 2 aromatic rings. The standard InChI is InChI=1S/C13H14N2O4S2/c1-21(18,19)12-4-2-10(3-5-12)7-14-8-11-6-13(15(16)17)20-9-11/h2-6,9,14H,7-8H2,1H3. The fourth-order valence-corrected chi connectivity index (χ4v) is 3.12. The van der Waals surface area contributed by atoms with E-state index in [9.17, 15) is 18.5 Å². The Bertz CT molecular complexity index is 736. The van der Waals surface area contributed by atoms with Crippen LogP contribution >= 0.6 is 11.3 Å². The maximum Gasteiger partial charge on any atom is 0.324 e. The number of rotatable bonds is 6. The van der Waals surface area contributed by atoms with Crippen LogP contribution in [-0.2, 0) is 22.9 Å². The van der Waals surface area contributed by atoms with Crippen molar-refractivity contribution in [3.63, 3.8) is 0 Å². The van der Waals surface area contributed by atoms with Gasteiger partial charge in [0, 0.05) is 30.8 Å². The van der Waals surface area contributed by atoms with E-state index in [4.69, 9.17) is 0 Å². The lowest BCUT2D eigenvalue weighted by atomic mass is 10.2. The van der Waals surface area contributed by atoms with Crippen LogP contribution in [0.5, 0.6) is 0 Å². The van der Waals surface area contributed by atoms with Gasteiger partial charge in [0.05, 0.1) is 9.82 Å². The molecule has 0 atom stereocenters. The van der Waals surface area contributed by atoms with Crippen molar-refractivity contribution in [1.82, 2.24) is 5.32 Å². The number of nitro groups is 1. The van der Waals surface area contributed by atoms with E-state index in [2.05, 4.69) is 5.32 Å². The molecule has 0 aliphatic carbocycles. The van der Waals surface area contributed by atoms with Crippen molar-refractivity contribution < 1.29 is 13.3 Å². The van der Waals surface area contributed by atoms with Crippen LogP contribution in [0.15, 0.2) is 40.6 Å². The van der Waals surface area contributed by atoms with Crippen LogP contribution in [0.1, 0.15) is 11.1 Å². The average molecular weight is 326 g/mol. The molecule has 0 saturated carbocycles. The molecule has 0 radical (unpaired) electrons. The molecule has 0 fully saturated rings. The summed E-state index contributed by atoms with van der Waals surface area (Å²) in [6, 6.07) is 8.19. The third-order valence-electron chi connectivity index (χ3n) is 2.83. The molecule has 0 unspecified atom stereocenters. The smallest absolute Gasteiger partial charge is 0.309 e. The first-order chi connectivity index (χ1) is 9.86. The summed E-state index contributed by atoms with van der Waals surface area (Å²) in [4.78, 5) is 10.5. The quantitative estimate of drug-likeness (QED) is 0.650. The summed E-state index contributed by atoms with van der Waals surface area (Å²) in [5.74, 6) is 0. The maximum absolute atomic E-state index is 11.3. The fraction of sp³-hybridized carbons (Fsp3) is 0.231. The summed E-state index contributed by atoms with van der Waals surface area (Å²) in [6.07, 6.45) is 1.17. The number of thiophene rings is 1. The Morgan fingerprint density at radius 1 is 1.19 bits per heavy atom. The molecule has 21 heavy (non-hydrogen) atoms. The van der Waals surface area contributed by atoms with Gasteiger partial charge in [-0.15, -0.1) is 0 Å². The van der Waals surface area contributed by atoms with Crippen LogP contribution in [-0.4, -0.2) is 19.6 Å². The summed E-state index contributed by atoms with van der Waals surface area (Å²) in [5.41, 5.74) is 1.81. The van der Waals surface area contributed by atoms with Crippen molar-refractivity contribution in [2.24, 2.45) is 0 Å². The first-order valence-corrected chi connectivity index (χ1v) is 8.85. The zero-order chi connectivity index (χ0) is 15.5. The van der Waals surface area contributed by atoms with Crippen molar-refractivity contribution in [2.45, 2.75) is 18.0 Å². The lowest BCUT2D eigenvalue weighted by molar-refractivity contribution is -0.380. The number of nitrogens with zero attached hydrogens (tertiary/aromatic N) is 1. The van der Waals surface area contributed by atoms with Crippen molar-refractivity contribution in [1.29, 1.82) is 0 Å². The van der Waals surface area contributed by atoms with E-state index in [1.54, 1.807) is 35.7 Å². The lowest BCUT2D eigenvalue weighted by Crippen LogP contribution is -2.12. The Morgan fingerprint density at radius 3 is 2.33 bits per heavy atom. The zero-order valence-corrected chi connectivity index (χ0v) is 12.9. The maximum atomic E-state index is 11.3. The summed E-state index contributed by atoms with van der Waals surface area (Å²) in [7, 11) is -3.17. The molecule has 1 aromatic heterocycles. The Balaban J connectivity index is 1.89. The molecule has 8 heteroatoms. The third-order valence-corrected chi connectivity index (χ3v) is 4.89. The number of nitrogens with one attached hydrogen (secondary N) is 1. The molecule has 0 bridgehead atoms. The molecule has 6 nitrogen and oxygen atoms in total. The molecule has 1 heterocycles. The number of hydrogen-bond donors (Lipinski definition) is 1. The van der Waals surface area contributed by atoms with Crippen LogP contribution < -0.4 is 5.32 Å². The second-order valence-electron chi connectivity index (χ2n) is 4.57. The van der Waals surface area contributed by atoms with Gasteiger partial charge in [0.25, 0.3) is 0 Å². The van der Waals surface area contributed by atoms with Gasteiger partial charge in [0.1, 0.15) is 0 Å². The van der Waals surface area contributed by atoms with E-state index in [1.807, 2.05) is 0 Å².